The maximum Gasteiger partial charge on any atom is 0.573 e. The molecule has 0 bridgehead atoms. The van der Waals surface area contributed by atoms with Crippen molar-refractivity contribution in [3.05, 3.63) is 58.9 Å². The minimum absolute atomic E-state index is 0.0349. The van der Waals surface area contributed by atoms with Crippen LogP contribution >= 0.6 is 11.6 Å². The van der Waals surface area contributed by atoms with Crippen LogP contribution in [0, 0.1) is 5.82 Å². The molecule has 1 heterocycles. The standard InChI is InChI=1S/C21H23ClF4N2O3S/c1-20(2,3)28-11-10-18(19(28)13-4-9-16(22)17(23)12-13)27-32(29,30)15-7-5-14(6-8-15)31-21(24,25)26/h4-9,12,18-19,27H,10-11H2,1-3H3/t18-,19-/m0/s1. The van der Waals surface area contributed by atoms with Gasteiger partial charge in [0.2, 0.25) is 10.0 Å². The zero-order chi connectivity index (χ0) is 23.9. The smallest absolute Gasteiger partial charge is 0.406 e. The molecular formula is C21H23ClF4N2O3S. The molecule has 11 heteroatoms. The highest BCUT2D eigenvalue weighted by molar-refractivity contribution is 7.89. The first-order chi connectivity index (χ1) is 14.7. The molecule has 5 nitrogen and oxygen atoms in total. The molecular weight excluding hydrogens is 472 g/mol. The van der Waals surface area contributed by atoms with Crippen LogP contribution in [0.2, 0.25) is 5.02 Å². The van der Waals surface area contributed by atoms with E-state index in [0.717, 1.165) is 24.3 Å². The number of benzene rings is 2. The van der Waals surface area contributed by atoms with Crippen molar-refractivity contribution in [2.75, 3.05) is 6.54 Å². The fourth-order valence-corrected chi connectivity index (χ4v) is 5.26. The molecule has 1 fully saturated rings. The van der Waals surface area contributed by atoms with E-state index in [2.05, 4.69) is 14.4 Å². The van der Waals surface area contributed by atoms with Gasteiger partial charge in [0.1, 0.15) is 11.6 Å². The Morgan fingerprint density at radius 1 is 1.09 bits per heavy atom. The Morgan fingerprint density at radius 2 is 1.72 bits per heavy atom. The van der Waals surface area contributed by atoms with Crippen LogP contribution in [0.5, 0.6) is 5.75 Å². The lowest BCUT2D eigenvalue weighted by molar-refractivity contribution is -0.274. The SMILES string of the molecule is CC(C)(C)N1CC[C@H](NS(=O)(=O)c2ccc(OC(F)(F)F)cc2)[C@@H]1c1ccc(Cl)c(F)c1. The normalized spacial score (nSPS) is 20.5. The number of hydrogen-bond donors (Lipinski definition) is 1. The average molecular weight is 495 g/mol. The van der Waals surface area contributed by atoms with E-state index < -0.39 is 40.0 Å². The summed E-state index contributed by atoms with van der Waals surface area (Å²) in [5, 5.41) is -0.0349. The van der Waals surface area contributed by atoms with Crippen molar-refractivity contribution in [1.82, 2.24) is 9.62 Å². The molecule has 176 valence electrons. The highest BCUT2D eigenvalue weighted by Crippen LogP contribution is 2.39. The molecule has 0 spiro atoms. The first-order valence-corrected chi connectivity index (χ1v) is 11.6. The number of nitrogens with one attached hydrogen (secondary N) is 1. The highest BCUT2D eigenvalue weighted by Gasteiger charge is 2.42. The molecule has 0 aromatic heterocycles. The van der Waals surface area contributed by atoms with Crippen LogP contribution in [-0.2, 0) is 10.0 Å². The van der Waals surface area contributed by atoms with Crippen molar-refractivity contribution in [1.29, 1.82) is 0 Å². The highest BCUT2D eigenvalue weighted by atomic mass is 35.5. The van der Waals surface area contributed by atoms with Crippen LogP contribution in [0.1, 0.15) is 38.8 Å². The third-order valence-electron chi connectivity index (χ3n) is 5.22. The van der Waals surface area contributed by atoms with Crippen LogP contribution in [0.15, 0.2) is 47.4 Å². The minimum atomic E-state index is -4.88. The van der Waals surface area contributed by atoms with Gasteiger partial charge in [-0.2, -0.15) is 0 Å². The molecule has 2 aromatic carbocycles. The number of nitrogens with zero attached hydrogens (tertiary/aromatic N) is 1. The summed E-state index contributed by atoms with van der Waals surface area (Å²) in [7, 11) is -4.07. The van der Waals surface area contributed by atoms with Crippen LogP contribution < -0.4 is 9.46 Å². The maximum absolute atomic E-state index is 14.2. The summed E-state index contributed by atoms with van der Waals surface area (Å²) in [5.41, 5.74) is 0.235. The van der Waals surface area contributed by atoms with Gasteiger partial charge in [-0.15, -0.1) is 13.2 Å². The lowest BCUT2D eigenvalue weighted by Crippen LogP contribution is -2.45. The number of halogens is 5. The summed E-state index contributed by atoms with van der Waals surface area (Å²) in [6.45, 7) is 6.48. The summed E-state index contributed by atoms with van der Waals surface area (Å²) in [6.07, 6.45) is -4.42. The molecule has 1 aliphatic rings. The van der Waals surface area contributed by atoms with Crippen molar-refractivity contribution in [3.8, 4) is 5.75 Å². The van der Waals surface area contributed by atoms with Gasteiger partial charge < -0.3 is 4.74 Å². The molecule has 0 radical (unpaired) electrons. The number of hydrogen-bond acceptors (Lipinski definition) is 4. The Morgan fingerprint density at radius 3 is 2.25 bits per heavy atom. The Balaban J connectivity index is 1.89. The zero-order valence-electron chi connectivity index (χ0n) is 17.6. The van der Waals surface area contributed by atoms with E-state index in [1.807, 2.05) is 20.8 Å². The van der Waals surface area contributed by atoms with E-state index in [4.69, 9.17) is 11.6 Å². The Hall–Kier alpha value is -1.88. The summed E-state index contributed by atoms with van der Waals surface area (Å²) in [5.74, 6) is -1.13. The second kappa shape index (κ2) is 8.81. The summed E-state index contributed by atoms with van der Waals surface area (Å²) in [6, 6.07) is 7.26. The molecule has 3 rings (SSSR count). The van der Waals surface area contributed by atoms with Gasteiger partial charge in [-0.3, -0.25) is 4.90 Å². The van der Waals surface area contributed by atoms with Crippen molar-refractivity contribution in [2.45, 2.75) is 56.1 Å². The van der Waals surface area contributed by atoms with Crippen molar-refractivity contribution in [3.63, 3.8) is 0 Å². The van der Waals surface area contributed by atoms with Gasteiger partial charge in [0.25, 0.3) is 0 Å². The molecule has 2 aromatic rings. The van der Waals surface area contributed by atoms with Crippen molar-refractivity contribution in [2.24, 2.45) is 0 Å². The fourth-order valence-electron chi connectivity index (χ4n) is 3.86. The second-order valence-corrected chi connectivity index (χ2v) is 10.6. The van der Waals surface area contributed by atoms with Gasteiger partial charge in [0.05, 0.1) is 16.0 Å². The molecule has 0 unspecified atom stereocenters. The third-order valence-corrected chi connectivity index (χ3v) is 7.03. The Bertz CT molecular complexity index is 1070. The van der Waals surface area contributed by atoms with Crippen LogP contribution in [0.3, 0.4) is 0 Å². The lowest BCUT2D eigenvalue weighted by atomic mass is 9.97. The quantitative estimate of drug-likeness (QED) is 0.575. The van der Waals surface area contributed by atoms with E-state index in [1.165, 1.54) is 12.1 Å². The van der Waals surface area contributed by atoms with Crippen LogP contribution in [-0.4, -0.2) is 37.8 Å². The Labute approximate surface area is 189 Å². The largest absolute Gasteiger partial charge is 0.573 e. The molecule has 1 aliphatic heterocycles. The van der Waals surface area contributed by atoms with Gasteiger partial charge in [0, 0.05) is 18.1 Å². The third kappa shape index (κ3) is 5.72. The fraction of sp³-hybridized carbons (Fsp3) is 0.429. The van der Waals surface area contributed by atoms with Gasteiger partial charge in [-0.1, -0.05) is 17.7 Å². The summed E-state index contributed by atoms with van der Waals surface area (Å²) in [4.78, 5) is 1.87. The number of sulfonamides is 1. The van der Waals surface area contributed by atoms with Gasteiger partial charge in [-0.05, 0) is 69.2 Å². The monoisotopic (exact) mass is 494 g/mol. The zero-order valence-corrected chi connectivity index (χ0v) is 19.2. The Kier molecular flexibility index (Phi) is 6.82. The molecule has 1 N–H and O–H groups in total. The number of alkyl halides is 3. The number of ether oxygens (including phenoxy) is 1. The lowest BCUT2D eigenvalue weighted by Gasteiger charge is -2.39. The van der Waals surface area contributed by atoms with Gasteiger partial charge >= 0.3 is 6.36 Å². The first kappa shape index (κ1) is 24.8. The molecule has 0 saturated carbocycles. The molecule has 0 aliphatic carbocycles. The maximum atomic E-state index is 14.2. The number of rotatable bonds is 5. The predicted octanol–water partition coefficient (Wildman–Crippen LogP) is 5.27. The van der Waals surface area contributed by atoms with Crippen LogP contribution in [0.25, 0.3) is 0 Å². The van der Waals surface area contributed by atoms with Gasteiger partial charge in [-0.25, -0.2) is 17.5 Å². The average Bonchev–Trinajstić information content (AvgIpc) is 3.06. The topological polar surface area (TPSA) is 58.6 Å². The van der Waals surface area contributed by atoms with Crippen molar-refractivity contribution < 1.29 is 30.7 Å². The summed E-state index contributed by atoms with van der Waals surface area (Å²) >= 11 is 5.81. The van der Waals surface area contributed by atoms with Gasteiger partial charge in [0.15, 0.2) is 0 Å². The summed E-state index contributed by atoms with van der Waals surface area (Å²) < 4.78 is 83.5. The van der Waals surface area contributed by atoms with Crippen molar-refractivity contribution >= 4 is 21.6 Å². The second-order valence-electron chi connectivity index (χ2n) is 8.52. The minimum Gasteiger partial charge on any atom is -0.406 e. The first-order valence-electron chi connectivity index (χ1n) is 9.77. The van der Waals surface area contributed by atoms with E-state index >= 15 is 0 Å². The molecule has 0 amide bonds. The van der Waals surface area contributed by atoms with E-state index in [9.17, 15) is 26.0 Å². The van der Waals surface area contributed by atoms with Crippen LogP contribution in [0.4, 0.5) is 17.6 Å². The molecule has 1 saturated heterocycles. The predicted molar refractivity (Wildman–Crippen MR) is 112 cm³/mol. The van der Waals surface area contributed by atoms with E-state index in [0.29, 0.717) is 18.5 Å². The number of likely N-dealkylation sites (tertiary alicyclic amines) is 1. The molecule has 2 atom stereocenters. The molecule has 32 heavy (non-hydrogen) atoms. The van der Waals surface area contributed by atoms with E-state index in [1.54, 1.807) is 6.07 Å². The van der Waals surface area contributed by atoms with E-state index in [-0.39, 0.29) is 15.5 Å².